The molecule has 2 aromatic heterocycles. The van der Waals surface area contributed by atoms with E-state index in [-0.39, 0.29) is 41.6 Å². The molecule has 0 saturated carbocycles. The molecule has 0 aliphatic heterocycles. The normalized spacial score (nSPS) is 12.1. The van der Waals surface area contributed by atoms with Gasteiger partial charge in [-0.15, -0.1) is 0 Å². The summed E-state index contributed by atoms with van der Waals surface area (Å²) in [7, 11) is 0. The fourth-order valence-corrected chi connectivity index (χ4v) is 3.46. The summed E-state index contributed by atoms with van der Waals surface area (Å²) in [4.78, 5) is 29.5. The number of amides is 1. The monoisotopic (exact) mass is 422 g/mol. The standard InChI is InChI=1S/C22H19ClN4O3/c1-14(15-7-3-2-4-8-15)25-18(28)11-12-27-13-24-21-19(22(27)29)20(26-30-21)16-9-5-6-10-17(16)23/h2-10,13-14H,11-12H2,1H3,(H,25,28). The van der Waals surface area contributed by atoms with Gasteiger partial charge in [-0.3, -0.25) is 14.2 Å². The van der Waals surface area contributed by atoms with Crippen LogP contribution in [0.15, 0.2) is 70.2 Å². The van der Waals surface area contributed by atoms with Gasteiger partial charge < -0.3 is 9.84 Å². The molecule has 0 saturated heterocycles. The quantitative estimate of drug-likeness (QED) is 0.507. The number of carbonyl (C=O) groups excluding carboxylic acids is 1. The Morgan fingerprint density at radius 3 is 2.67 bits per heavy atom. The SMILES string of the molecule is CC(NC(=O)CCn1cnc2onc(-c3ccccc3Cl)c2c1=O)c1ccccc1. The second-order valence-corrected chi connectivity index (χ2v) is 7.29. The van der Waals surface area contributed by atoms with Crippen molar-refractivity contribution < 1.29 is 9.32 Å². The highest BCUT2D eigenvalue weighted by Gasteiger charge is 2.19. The van der Waals surface area contributed by atoms with E-state index in [2.05, 4.69) is 15.5 Å². The maximum Gasteiger partial charge on any atom is 0.266 e. The first-order chi connectivity index (χ1) is 14.5. The van der Waals surface area contributed by atoms with Crippen molar-refractivity contribution in [1.29, 1.82) is 0 Å². The Morgan fingerprint density at radius 2 is 1.90 bits per heavy atom. The molecule has 1 unspecified atom stereocenters. The number of aromatic nitrogens is 3. The lowest BCUT2D eigenvalue weighted by atomic mass is 10.1. The molecule has 4 rings (SSSR count). The molecule has 152 valence electrons. The van der Waals surface area contributed by atoms with Crippen molar-refractivity contribution in [2.75, 3.05) is 0 Å². The summed E-state index contributed by atoms with van der Waals surface area (Å²) in [6.07, 6.45) is 1.50. The molecule has 0 aliphatic rings. The molecule has 0 fully saturated rings. The molecule has 8 heteroatoms. The minimum absolute atomic E-state index is 0.124. The predicted molar refractivity (Wildman–Crippen MR) is 114 cm³/mol. The molecule has 1 atom stereocenters. The zero-order valence-electron chi connectivity index (χ0n) is 16.2. The Kier molecular flexibility index (Phi) is 5.63. The average molecular weight is 423 g/mol. The Morgan fingerprint density at radius 1 is 1.17 bits per heavy atom. The van der Waals surface area contributed by atoms with Gasteiger partial charge >= 0.3 is 0 Å². The van der Waals surface area contributed by atoms with E-state index < -0.39 is 0 Å². The van der Waals surface area contributed by atoms with Crippen molar-refractivity contribution in [2.24, 2.45) is 0 Å². The van der Waals surface area contributed by atoms with Gasteiger partial charge in [-0.05, 0) is 18.6 Å². The summed E-state index contributed by atoms with van der Waals surface area (Å²) in [6, 6.07) is 16.6. The number of rotatable bonds is 6. The van der Waals surface area contributed by atoms with Gasteiger partial charge in [0.15, 0.2) is 0 Å². The van der Waals surface area contributed by atoms with Crippen molar-refractivity contribution in [3.63, 3.8) is 0 Å². The van der Waals surface area contributed by atoms with E-state index in [0.29, 0.717) is 16.3 Å². The molecular formula is C22H19ClN4O3. The minimum atomic E-state index is -0.333. The highest BCUT2D eigenvalue weighted by Crippen LogP contribution is 2.30. The number of hydrogen-bond donors (Lipinski definition) is 1. The van der Waals surface area contributed by atoms with E-state index in [9.17, 15) is 9.59 Å². The topological polar surface area (TPSA) is 90.0 Å². The summed E-state index contributed by atoms with van der Waals surface area (Å²) in [5.41, 5.74) is 1.74. The van der Waals surface area contributed by atoms with Crippen molar-refractivity contribution in [3.05, 3.63) is 81.9 Å². The van der Waals surface area contributed by atoms with Crippen LogP contribution >= 0.6 is 11.6 Å². The van der Waals surface area contributed by atoms with E-state index in [1.54, 1.807) is 24.3 Å². The molecule has 0 spiro atoms. The van der Waals surface area contributed by atoms with Crippen LogP contribution in [0.2, 0.25) is 5.02 Å². The summed E-state index contributed by atoms with van der Waals surface area (Å²) in [5, 5.41) is 7.62. The first kappa shape index (κ1) is 19.8. The minimum Gasteiger partial charge on any atom is -0.350 e. The Balaban J connectivity index is 1.53. The molecule has 2 heterocycles. The molecule has 2 aromatic carbocycles. The fourth-order valence-electron chi connectivity index (χ4n) is 3.24. The maximum absolute atomic E-state index is 13.0. The van der Waals surface area contributed by atoms with Crippen LogP contribution in [0.1, 0.15) is 24.9 Å². The number of halogens is 1. The number of carbonyl (C=O) groups is 1. The Bertz CT molecular complexity index is 1250. The largest absolute Gasteiger partial charge is 0.350 e. The van der Waals surface area contributed by atoms with Crippen LogP contribution in [-0.2, 0) is 11.3 Å². The number of aryl methyl sites for hydroxylation is 1. The smallest absolute Gasteiger partial charge is 0.266 e. The molecular weight excluding hydrogens is 404 g/mol. The highest BCUT2D eigenvalue weighted by molar-refractivity contribution is 6.33. The third-order valence-electron chi connectivity index (χ3n) is 4.85. The first-order valence-corrected chi connectivity index (χ1v) is 9.86. The van der Waals surface area contributed by atoms with E-state index in [4.69, 9.17) is 16.1 Å². The third-order valence-corrected chi connectivity index (χ3v) is 5.18. The summed E-state index contributed by atoms with van der Waals surface area (Å²) in [5.74, 6) is -0.157. The van der Waals surface area contributed by atoms with Gasteiger partial charge in [-0.2, -0.15) is 0 Å². The van der Waals surface area contributed by atoms with Crippen LogP contribution in [0.4, 0.5) is 0 Å². The predicted octanol–water partition coefficient (Wildman–Crippen LogP) is 3.97. The van der Waals surface area contributed by atoms with Crippen LogP contribution in [0.25, 0.3) is 22.4 Å². The summed E-state index contributed by atoms with van der Waals surface area (Å²) in [6.45, 7) is 2.10. The summed E-state index contributed by atoms with van der Waals surface area (Å²) < 4.78 is 6.59. The van der Waals surface area contributed by atoms with Crippen LogP contribution in [0.3, 0.4) is 0 Å². The van der Waals surface area contributed by atoms with Gasteiger partial charge in [0, 0.05) is 18.5 Å². The van der Waals surface area contributed by atoms with E-state index in [1.165, 1.54) is 10.9 Å². The summed E-state index contributed by atoms with van der Waals surface area (Å²) >= 11 is 6.25. The van der Waals surface area contributed by atoms with Gasteiger partial charge in [-0.1, -0.05) is 65.3 Å². The molecule has 0 bridgehead atoms. The second-order valence-electron chi connectivity index (χ2n) is 6.88. The zero-order chi connectivity index (χ0) is 21.1. The van der Waals surface area contributed by atoms with E-state index in [1.807, 2.05) is 37.3 Å². The third kappa shape index (κ3) is 3.97. The van der Waals surface area contributed by atoms with Crippen molar-refractivity contribution in [2.45, 2.75) is 25.9 Å². The maximum atomic E-state index is 13.0. The first-order valence-electron chi connectivity index (χ1n) is 9.48. The highest BCUT2D eigenvalue weighted by atomic mass is 35.5. The van der Waals surface area contributed by atoms with Crippen molar-refractivity contribution in [1.82, 2.24) is 20.0 Å². The Hall–Kier alpha value is -3.45. The number of nitrogens with zero attached hydrogens (tertiary/aromatic N) is 3. The lowest BCUT2D eigenvalue weighted by Crippen LogP contribution is -2.29. The fraction of sp³-hybridized carbons (Fsp3) is 0.182. The molecule has 1 N–H and O–H groups in total. The van der Waals surface area contributed by atoms with Crippen LogP contribution in [0.5, 0.6) is 0 Å². The number of benzene rings is 2. The second kappa shape index (κ2) is 8.51. The molecule has 0 aliphatic carbocycles. The Labute approximate surface area is 177 Å². The number of fused-ring (bicyclic) bond motifs is 1. The van der Waals surface area contributed by atoms with Gasteiger partial charge in [0.2, 0.25) is 5.91 Å². The molecule has 30 heavy (non-hydrogen) atoms. The van der Waals surface area contributed by atoms with Gasteiger partial charge in [0.1, 0.15) is 17.4 Å². The van der Waals surface area contributed by atoms with Gasteiger partial charge in [0.05, 0.1) is 11.1 Å². The lowest BCUT2D eigenvalue weighted by Gasteiger charge is -2.14. The van der Waals surface area contributed by atoms with Crippen molar-refractivity contribution in [3.8, 4) is 11.3 Å². The van der Waals surface area contributed by atoms with Crippen LogP contribution in [-0.4, -0.2) is 20.6 Å². The zero-order valence-corrected chi connectivity index (χ0v) is 17.0. The molecule has 7 nitrogen and oxygen atoms in total. The molecule has 0 radical (unpaired) electrons. The molecule has 1 amide bonds. The van der Waals surface area contributed by atoms with Crippen molar-refractivity contribution >= 4 is 28.6 Å². The lowest BCUT2D eigenvalue weighted by molar-refractivity contribution is -0.121. The van der Waals surface area contributed by atoms with Crippen LogP contribution in [0, 0.1) is 0 Å². The average Bonchev–Trinajstić information content (AvgIpc) is 3.19. The molecule has 4 aromatic rings. The van der Waals surface area contributed by atoms with E-state index in [0.717, 1.165) is 5.56 Å². The van der Waals surface area contributed by atoms with Crippen LogP contribution < -0.4 is 10.9 Å². The number of hydrogen-bond acceptors (Lipinski definition) is 5. The van der Waals surface area contributed by atoms with E-state index >= 15 is 0 Å². The van der Waals surface area contributed by atoms with Gasteiger partial charge in [0.25, 0.3) is 11.3 Å². The van der Waals surface area contributed by atoms with Gasteiger partial charge in [-0.25, -0.2) is 4.98 Å². The number of nitrogens with one attached hydrogen (secondary N) is 1.